The summed E-state index contributed by atoms with van der Waals surface area (Å²) in [7, 11) is 1.67. The van der Waals surface area contributed by atoms with E-state index in [1.165, 1.54) is 0 Å². The maximum atomic E-state index is 8.32. The van der Waals surface area contributed by atoms with E-state index < -0.39 is 0 Å². The summed E-state index contributed by atoms with van der Waals surface area (Å²) in [4.78, 5) is 0. The van der Waals surface area contributed by atoms with Gasteiger partial charge in [0, 0.05) is 13.6 Å². The molecule has 66 valence electrons. The van der Waals surface area contributed by atoms with Crippen molar-refractivity contribution in [3.63, 3.8) is 0 Å². The molecule has 0 amide bonds. The average Bonchev–Trinajstić information content (AvgIpc) is 2.04. The van der Waals surface area contributed by atoms with E-state index in [0.717, 1.165) is 0 Å². The van der Waals surface area contributed by atoms with Crippen molar-refractivity contribution in [2.75, 3.05) is 33.4 Å². The van der Waals surface area contributed by atoms with E-state index >= 15 is 0 Å². The molecule has 0 spiro atoms. The number of guanidine groups is 1. The molecule has 0 rings (SSSR count). The largest absolute Gasteiger partial charge is 0.394 e. The first-order chi connectivity index (χ1) is 5.31. The Morgan fingerprint density at radius 1 is 1.55 bits per heavy atom. The van der Waals surface area contributed by atoms with Gasteiger partial charge in [-0.25, -0.2) is 0 Å². The number of hydrogen-bond acceptors (Lipinski definition) is 3. The van der Waals surface area contributed by atoms with Crippen molar-refractivity contribution in [3.05, 3.63) is 0 Å². The number of ether oxygens (including phenoxy) is 1. The molecule has 0 aliphatic heterocycles. The first-order valence-corrected chi connectivity index (χ1v) is 3.50. The van der Waals surface area contributed by atoms with Crippen LogP contribution in [-0.2, 0) is 4.74 Å². The van der Waals surface area contributed by atoms with Crippen molar-refractivity contribution < 1.29 is 9.84 Å². The lowest BCUT2D eigenvalue weighted by Crippen LogP contribution is -2.35. The van der Waals surface area contributed by atoms with Gasteiger partial charge in [0.05, 0.1) is 19.8 Å². The van der Waals surface area contributed by atoms with E-state index in [9.17, 15) is 0 Å². The van der Waals surface area contributed by atoms with Gasteiger partial charge in [0.1, 0.15) is 0 Å². The minimum atomic E-state index is 0.0451. The summed E-state index contributed by atoms with van der Waals surface area (Å²) in [6.07, 6.45) is 0. The molecule has 0 aromatic rings. The summed E-state index contributed by atoms with van der Waals surface area (Å²) in [5, 5.41) is 20.8. The SMILES string of the molecule is CNC(=N)NCCOCCO. The van der Waals surface area contributed by atoms with Gasteiger partial charge in [-0.2, -0.15) is 0 Å². The number of rotatable bonds is 5. The van der Waals surface area contributed by atoms with Gasteiger partial charge in [0.2, 0.25) is 0 Å². The normalized spacial score (nSPS) is 9.27. The van der Waals surface area contributed by atoms with E-state index in [-0.39, 0.29) is 12.6 Å². The molecule has 0 unspecified atom stereocenters. The highest BCUT2D eigenvalue weighted by Crippen LogP contribution is 1.70. The van der Waals surface area contributed by atoms with Crippen LogP contribution in [0.4, 0.5) is 0 Å². The zero-order valence-corrected chi connectivity index (χ0v) is 6.68. The predicted molar refractivity (Wildman–Crippen MR) is 42.7 cm³/mol. The molecule has 0 aromatic carbocycles. The maximum absolute atomic E-state index is 8.32. The lowest BCUT2D eigenvalue weighted by molar-refractivity contribution is 0.0957. The molecule has 11 heavy (non-hydrogen) atoms. The Hall–Kier alpha value is -0.810. The summed E-state index contributed by atoms with van der Waals surface area (Å²) in [6.45, 7) is 1.49. The Bertz CT molecular complexity index is 108. The monoisotopic (exact) mass is 161 g/mol. The lowest BCUT2D eigenvalue weighted by atomic mass is 10.6. The third kappa shape index (κ3) is 7.08. The quantitative estimate of drug-likeness (QED) is 0.230. The van der Waals surface area contributed by atoms with E-state index in [1.807, 2.05) is 0 Å². The van der Waals surface area contributed by atoms with Gasteiger partial charge in [0.15, 0.2) is 5.96 Å². The van der Waals surface area contributed by atoms with E-state index in [4.69, 9.17) is 15.3 Å². The molecule has 0 radical (unpaired) electrons. The zero-order valence-electron chi connectivity index (χ0n) is 6.68. The molecule has 0 atom stereocenters. The molecular weight excluding hydrogens is 146 g/mol. The molecule has 0 aliphatic rings. The van der Waals surface area contributed by atoms with Crippen LogP contribution in [0.25, 0.3) is 0 Å². The molecule has 4 N–H and O–H groups in total. The topological polar surface area (TPSA) is 77.4 Å². The van der Waals surface area contributed by atoms with Crippen LogP contribution in [0.5, 0.6) is 0 Å². The Morgan fingerprint density at radius 3 is 2.82 bits per heavy atom. The highest BCUT2D eigenvalue weighted by Gasteiger charge is 1.89. The Balaban J connectivity index is 2.95. The third-order valence-corrected chi connectivity index (χ3v) is 1.03. The van der Waals surface area contributed by atoms with Crippen LogP contribution < -0.4 is 10.6 Å². The van der Waals surface area contributed by atoms with Crippen molar-refractivity contribution in [1.29, 1.82) is 5.41 Å². The van der Waals surface area contributed by atoms with Crippen LogP contribution in [-0.4, -0.2) is 44.5 Å². The molecule has 5 heteroatoms. The predicted octanol–water partition coefficient (Wildman–Crippen LogP) is -1.26. The average molecular weight is 161 g/mol. The Labute approximate surface area is 66.3 Å². The van der Waals surface area contributed by atoms with Crippen LogP contribution >= 0.6 is 0 Å². The zero-order chi connectivity index (χ0) is 8.53. The van der Waals surface area contributed by atoms with E-state index in [0.29, 0.717) is 19.8 Å². The van der Waals surface area contributed by atoms with Crippen LogP contribution in [0.15, 0.2) is 0 Å². The smallest absolute Gasteiger partial charge is 0.188 e. The Morgan fingerprint density at radius 2 is 2.27 bits per heavy atom. The van der Waals surface area contributed by atoms with Gasteiger partial charge in [-0.1, -0.05) is 0 Å². The molecular formula is C6H15N3O2. The first-order valence-electron chi connectivity index (χ1n) is 3.50. The standard InChI is InChI=1S/C6H15N3O2/c1-8-6(7)9-2-4-11-5-3-10/h10H,2-5H2,1H3,(H3,7,8,9). The van der Waals surface area contributed by atoms with E-state index in [1.54, 1.807) is 7.05 Å². The second-order valence-corrected chi connectivity index (χ2v) is 1.89. The highest BCUT2D eigenvalue weighted by atomic mass is 16.5. The van der Waals surface area contributed by atoms with Gasteiger partial charge < -0.3 is 20.5 Å². The molecule has 5 nitrogen and oxygen atoms in total. The fraction of sp³-hybridized carbons (Fsp3) is 0.833. The van der Waals surface area contributed by atoms with Crippen LogP contribution in [0.2, 0.25) is 0 Å². The van der Waals surface area contributed by atoms with Crippen LogP contribution in [0.3, 0.4) is 0 Å². The molecule has 0 aliphatic carbocycles. The number of nitrogens with one attached hydrogen (secondary N) is 3. The molecule has 0 saturated carbocycles. The van der Waals surface area contributed by atoms with Gasteiger partial charge in [-0.3, -0.25) is 5.41 Å². The molecule has 0 bridgehead atoms. The summed E-state index contributed by atoms with van der Waals surface area (Å²) in [5.41, 5.74) is 0. The van der Waals surface area contributed by atoms with Gasteiger partial charge >= 0.3 is 0 Å². The van der Waals surface area contributed by atoms with Gasteiger partial charge in [-0.15, -0.1) is 0 Å². The van der Waals surface area contributed by atoms with Crippen LogP contribution in [0.1, 0.15) is 0 Å². The second kappa shape index (κ2) is 7.30. The molecule has 0 heterocycles. The van der Waals surface area contributed by atoms with Crippen molar-refractivity contribution in [3.8, 4) is 0 Å². The third-order valence-electron chi connectivity index (χ3n) is 1.03. The highest BCUT2D eigenvalue weighted by molar-refractivity contribution is 5.75. The van der Waals surface area contributed by atoms with Crippen molar-refractivity contribution in [2.24, 2.45) is 0 Å². The summed E-state index contributed by atoms with van der Waals surface area (Å²) < 4.78 is 4.94. The number of aliphatic hydroxyl groups is 1. The fourth-order valence-electron chi connectivity index (χ4n) is 0.503. The van der Waals surface area contributed by atoms with Crippen molar-refractivity contribution in [2.45, 2.75) is 0 Å². The Kier molecular flexibility index (Phi) is 6.76. The summed E-state index contributed by atoms with van der Waals surface area (Å²) >= 11 is 0. The van der Waals surface area contributed by atoms with Gasteiger partial charge in [0.25, 0.3) is 0 Å². The summed E-state index contributed by atoms with van der Waals surface area (Å²) in [6, 6.07) is 0. The molecule has 0 saturated heterocycles. The summed E-state index contributed by atoms with van der Waals surface area (Å²) in [5.74, 6) is 0.276. The number of aliphatic hydroxyl groups excluding tert-OH is 1. The fourth-order valence-corrected chi connectivity index (χ4v) is 0.503. The van der Waals surface area contributed by atoms with E-state index in [2.05, 4.69) is 10.6 Å². The number of hydrogen-bond donors (Lipinski definition) is 4. The first kappa shape index (κ1) is 10.2. The minimum absolute atomic E-state index is 0.0451. The molecule has 0 aromatic heterocycles. The lowest BCUT2D eigenvalue weighted by Gasteiger charge is -2.06. The van der Waals surface area contributed by atoms with Gasteiger partial charge in [-0.05, 0) is 0 Å². The second-order valence-electron chi connectivity index (χ2n) is 1.89. The van der Waals surface area contributed by atoms with Crippen LogP contribution in [0, 0.1) is 5.41 Å². The van der Waals surface area contributed by atoms with Crippen molar-refractivity contribution >= 4 is 5.96 Å². The van der Waals surface area contributed by atoms with Crippen molar-refractivity contribution in [1.82, 2.24) is 10.6 Å². The minimum Gasteiger partial charge on any atom is -0.394 e. The molecule has 0 fully saturated rings. The maximum Gasteiger partial charge on any atom is 0.188 e.